The summed E-state index contributed by atoms with van der Waals surface area (Å²) < 4.78 is 17.2. The average molecular weight is 388 g/mol. The smallest absolute Gasteiger partial charge is 0.346 e. The lowest BCUT2D eigenvalue weighted by Gasteiger charge is -2.27. The molecule has 2 aliphatic heterocycles. The Morgan fingerprint density at radius 3 is 2.79 bits per heavy atom. The minimum atomic E-state index is -1.74. The largest absolute Gasteiger partial charge is 0.393 e. The molecule has 2 aromatic rings. The molecule has 0 bridgehead atoms. The highest BCUT2D eigenvalue weighted by Gasteiger charge is 2.43. The molecule has 1 N–H and O–H groups in total. The third kappa shape index (κ3) is 3.37. The maximum atomic E-state index is 14.3. The van der Waals surface area contributed by atoms with Gasteiger partial charge in [0.1, 0.15) is 11.9 Å². The van der Waals surface area contributed by atoms with Gasteiger partial charge in [-0.2, -0.15) is 5.10 Å². The Morgan fingerprint density at radius 1 is 1.36 bits per heavy atom. The number of aliphatic hydroxyl groups is 1. The van der Waals surface area contributed by atoms with E-state index in [-0.39, 0.29) is 31.1 Å². The van der Waals surface area contributed by atoms with Crippen molar-refractivity contribution in [2.24, 2.45) is 0 Å². The third-order valence-corrected chi connectivity index (χ3v) is 5.77. The molecule has 3 heterocycles. The molecule has 2 atom stereocenters. The number of carbonyl (C=O) groups is 1. The van der Waals surface area contributed by atoms with Crippen molar-refractivity contribution in [1.82, 2.24) is 19.2 Å². The van der Waals surface area contributed by atoms with Gasteiger partial charge < -0.3 is 10.0 Å². The number of alkyl halides is 1. The van der Waals surface area contributed by atoms with Gasteiger partial charge in [0.2, 0.25) is 5.91 Å². The molecule has 0 spiro atoms. The second-order valence-corrected chi connectivity index (χ2v) is 7.94. The first-order valence-corrected chi connectivity index (χ1v) is 9.72. The molecule has 2 aliphatic rings. The number of aromatic nitrogens is 3. The summed E-state index contributed by atoms with van der Waals surface area (Å²) in [6.07, 6.45) is 2.06. The Hall–Kier alpha value is -2.48. The number of aliphatic hydroxyl groups excluding tert-OH is 1. The van der Waals surface area contributed by atoms with Crippen LogP contribution in [0.2, 0.25) is 0 Å². The van der Waals surface area contributed by atoms with E-state index in [0.29, 0.717) is 25.2 Å². The molecule has 1 aromatic carbocycles. The third-order valence-electron chi connectivity index (χ3n) is 5.77. The van der Waals surface area contributed by atoms with Gasteiger partial charge in [-0.25, -0.2) is 13.9 Å². The lowest BCUT2D eigenvalue weighted by atomic mass is 10.0. The Morgan fingerprint density at radius 2 is 2.11 bits per heavy atom. The lowest BCUT2D eigenvalue weighted by Crippen LogP contribution is -2.43. The summed E-state index contributed by atoms with van der Waals surface area (Å²) in [7, 11) is 0. The standard InChI is InChI=1S/C20H25FN4O3/c1-14-5-7-15(8-6-14)11-24-19(28)25-16(3-2-4-17(25)22-24)18(27)23-10-9-20(21,12-23)13-26/h5-8,16,26H,2-4,9-13H2,1H3/t16-,20+/m0/s1. The van der Waals surface area contributed by atoms with Crippen molar-refractivity contribution < 1.29 is 14.3 Å². The minimum Gasteiger partial charge on any atom is -0.393 e. The predicted molar refractivity (Wildman–Crippen MR) is 101 cm³/mol. The van der Waals surface area contributed by atoms with E-state index in [2.05, 4.69) is 5.10 Å². The van der Waals surface area contributed by atoms with E-state index in [1.807, 2.05) is 31.2 Å². The lowest BCUT2D eigenvalue weighted by molar-refractivity contribution is -0.135. The molecule has 150 valence electrons. The van der Waals surface area contributed by atoms with Crippen molar-refractivity contribution in [2.75, 3.05) is 19.7 Å². The van der Waals surface area contributed by atoms with Crippen LogP contribution in [0.4, 0.5) is 4.39 Å². The Labute approximate surface area is 162 Å². The first kappa shape index (κ1) is 18.9. The first-order valence-electron chi connectivity index (χ1n) is 9.72. The van der Waals surface area contributed by atoms with Gasteiger partial charge in [-0.15, -0.1) is 0 Å². The van der Waals surface area contributed by atoms with Crippen LogP contribution >= 0.6 is 0 Å². The van der Waals surface area contributed by atoms with E-state index in [9.17, 15) is 19.1 Å². The minimum absolute atomic E-state index is 0.121. The van der Waals surface area contributed by atoms with Gasteiger partial charge in [0.25, 0.3) is 0 Å². The van der Waals surface area contributed by atoms with Crippen molar-refractivity contribution in [2.45, 2.75) is 50.9 Å². The van der Waals surface area contributed by atoms with Gasteiger partial charge in [0, 0.05) is 19.4 Å². The van der Waals surface area contributed by atoms with Crippen LogP contribution in [0.25, 0.3) is 0 Å². The second kappa shape index (κ2) is 7.16. The van der Waals surface area contributed by atoms with E-state index < -0.39 is 18.3 Å². The van der Waals surface area contributed by atoms with Crippen LogP contribution in [0.5, 0.6) is 0 Å². The maximum absolute atomic E-state index is 14.3. The number of benzene rings is 1. The number of rotatable bonds is 4. The van der Waals surface area contributed by atoms with Gasteiger partial charge in [0.05, 0.1) is 19.7 Å². The zero-order valence-electron chi connectivity index (χ0n) is 16.0. The number of aryl methyl sites for hydroxylation is 2. The number of likely N-dealkylation sites (tertiary alicyclic amines) is 1. The molecule has 0 unspecified atom stereocenters. The molecule has 1 fully saturated rings. The van der Waals surface area contributed by atoms with Gasteiger partial charge >= 0.3 is 5.69 Å². The first-order chi connectivity index (χ1) is 13.4. The van der Waals surface area contributed by atoms with Crippen LogP contribution in [-0.4, -0.2) is 55.6 Å². The quantitative estimate of drug-likeness (QED) is 0.854. The van der Waals surface area contributed by atoms with Crippen molar-refractivity contribution in [3.63, 3.8) is 0 Å². The fourth-order valence-corrected chi connectivity index (χ4v) is 4.10. The molecule has 0 radical (unpaired) electrons. The molecule has 8 heteroatoms. The van der Waals surface area contributed by atoms with Crippen LogP contribution in [0.15, 0.2) is 29.1 Å². The summed E-state index contributed by atoms with van der Waals surface area (Å²) in [6, 6.07) is 7.25. The molecule has 4 rings (SSSR count). The number of amides is 1. The highest BCUT2D eigenvalue weighted by atomic mass is 19.1. The van der Waals surface area contributed by atoms with E-state index in [1.54, 1.807) is 0 Å². The maximum Gasteiger partial charge on any atom is 0.346 e. The highest BCUT2D eigenvalue weighted by molar-refractivity contribution is 5.81. The molecule has 7 nitrogen and oxygen atoms in total. The summed E-state index contributed by atoms with van der Waals surface area (Å²) in [5, 5.41) is 13.7. The van der Waals surface area contributed by atoms with Crippen LogP contribution in [0.3, 0.4) is 0 Å². The Balaban J connectivity index is 1.59. The van der Waals surface area contributed by atoms with E-state index in [1.165, 1.54) is 14.1 Å². The van der Waals surface area contributed by atoms with Gasteiger partial charge in [0.15, 0.2) is 5.67 Å². The highest BCUT2D eigenvalue weighted by Crippen LogP contribution is 2.30. The normalized spacial score (nSPS) is 24.4. The van der Waals surface area contributed by atoms with Crippen LogP contribution in [0.1, 0.15) is 42.3 Å². The molecule has 1 saturated heterocycles. The average Bonchev–Trinajstić information content (AvgIpc) is 3.24. The van der Waals surface area contributed by atoms with Gasteiger partial charge in [-0.1, -0.05) is 29.8 Å². The molecular formula is C20H25FN4O3. The van der Waals surface area contributed by atoms with Crippen LogP contribution in [-0.2, 0) is 17.8 Å². The number of halogens is 1. The molecule has 0 aliphatic carbocycles. The fourth-order valence-electron chi connectivity index (χ4n) is 4.10. The topological polar surface area (TPSA) is 80.4 Å². The number of fused-ring (bicyclic) bond motifs is 1. The zero-order chi connectivity index (χ0) is 19.9. The van der Waals surface area contributed by atoms with Crippen molar-refractivity contribution in [3.8, 4) is 0 Å². The van der Waals surface area contributed by atoms with E-state index >= 15 is 0 Å². The predicted octanol–water partition coefficient (Wildman–Crippen LogP) is 1.21. The summed E-state index contributed by atoms with van der Waals surface area (Å²) in [5.74, 6) is 0.348. The van der Waals surface area contributed by atoms with Crippen LogP contribution < -0.4 is 5.69 Å². The van der Waals surface area contributed by atoms with Crippen molar-refractivity contribution in [1.29, 1.82) is 0 Å². The summed E-state index contributed by atoms with van der Waals surface area (Å²) in [4.78, 5) is 27.4. The van der Waals surface area contributed by atoms with E-state index in [4.69, 9.17) is 0 Å². The molecule has 1 amide bonds. The Kier molecular flexibility index (Phi) is 4.82. The summed E-state index contributed by atoms with van der Waals surface area (Å²) in [5.41, 5.74) is 0.0637. The molecule has 1 aromatic heterocycles. The monoisotopic (exact) mass is 388 g/mol. The number of nitrogens with zero attached hydrogens (tertiary/aromatic N) is 4. The van der Waals surface area contributed by atoms with Crippen molar-refractivity contribution in [3.05, 3.63) is 51.7 Å². The van der Waals surface area contributed by atoms with Crippen LogP contribution in [0, 0.1) is 6.92 Å². The summed E-state index contributed by atoms with van der Waals surface area (Å²) in [6.45, 7) is 1.89. The fraction of sp³-hybridized carbons (Fsp3) is 0.550. The molecule has 0 saturated carbocycles. The Bertz CT molecular complexity index is 936. The van der Waals surface area contributed by atoms with E-state index in [0.717, 1.165) is 17.5 Å². The zero-order valence-corrected chi connectivity index (χ0v) is 16.0. The van der Waals surface area contributed by atoms with Gasteiger partial charge in [-0.05, 0) is 25.3 Å². The molecule has 28 heavy (non-hydrogen) atoms. The number of hydrogen-bond acceptors (Lipinski definition) is 4. The second-order valence-electron chi connectivity index (χ2n) is 7.94. The summed E-state index contributed by atoms with van der Waals surface area (Å²) >= 11 is 0. The number of carbonyl (C=O) groups excluding carboxylic acids is 1. The SMILES string of the molecule is Cc1ccc(Cn2nc3n(c2=O)[C@H](C(=O)N2CC[C@](F)(CO)C2)CCC3)cc1. The number of hydrogen-bond donors (Lipinski definition) is 1. The van der Waals surface area contributed by atoms with Crippen molar-refractivity contribution >= 4 is 5.91 Å². The van der Waals surface area contributed by atoms with Gasteiger partial charge in [-0.3, -0.25) is 9.36 Å². The molecular weight excluding hydrogens is 363 g/mol.